The van der Waals surface area contributed by atoms with Gasteiger partial charge in [-0.25, -0.2) is 4.79 Å². The van der Waals surface area contributed by atoms with Crippen LogP contribution in [0.3, 0.4) is 0 Å². The number of likely N-dealkylation sites (tertiary alicyclic amines) is 1. The minimum atomic E-state index is -0.456. The number of hydrogen-bond acceptors (Lipinski definition) is 4. The molecule has 0 unspecified atom stereocenters. The largest absolute Gasteiger partial charge is 0.444 e. The van der Waals surface area contributed by atoms with Crippen LogP contribution >= 0.6 is 0 Å². The van der Waals surface area contributed by atoms with Crippen molar-refractivity contribution < 1.29 is 9.53 Å². The van der Waals surface area contributed by atoms with Crippen molar-refractivity contribution in [1.82, 2.24) is 9.88 Å². The molecule has 0 saturated carbocycles. The maximum Gasteiger partial charge on any atom is 0.410 e. The monoisotopic (exact) mass is 351 g/mol. The number of carbonyl (C=O) groups is 1. The minimum absolute atomic E-state index is 0.195. The van der Waals surface area contributed by atoms with Crippen molar-refractivity contribution in [3.63, 3.8) is 0 Å². The van der Waals surface area contributed by atoms with Crippen LogP contribution in [0.5, 0.6) is 0 Å². The average molecular weight is 351 g/mol. The lowest BCUT2D eigenvalue weighted by molar-refractivity contribution is 0.0215. The van der Waals surface area contributed by atoms with E-state index in [2.05, 4.69) is 40.2 Å². The fourth-order valence-electron chi connectivity index (χ4n) is 3.98. The van der Waals surface area contributed by atoms with Gasteiger partial charge in [-0.05, 0) is 38.8 Å². The maximum atomic E-state index is 12.5. The molecule has 2 aromatic rings. The predicted octanol–water partition coefficient (Wildman–Crippen LogP) is 3.95. The third-order valence-corrected chi connectivity index (χ3v) is 5.06. The van der Waals surface area contributed by atoms with Crippen LogP contribution in [0.25, 0.3) is 11.1 Å². The highest BCUT2D eigenvalue weighted by atomic mass is 16.6. The zero-order chi connectivity index (χ0) is 18.3. The molecule has 1 amide bonds. The molecule has 4 rings (SSSR count). The van der Waals surface area contributed by atoms with Crippen LogP contribution in [0.1, 0.15) is 27.2 Å². The fraction of sp³-hybridized carbons (Fsp3) is 0.429. The first-order chi connectivity index (χ1) is 12.4. The van der Waals surface area contributed by atoms with Gasteiger partial charge in [0.05, 0.1) is 17.9 Å². The smallest absolute Gasteiger partial charge is 0.410 e. The zero-order valence-electron chi connectivity index (χ0n) is 15.6. The van der Waals surface area contributed by atoms with E-state index in [-0.39, 0.29) is 12.1 Å². The van der Waals surface area contributed by atoms with E-state index in [1.807, 2.05) is 44.1 Å². The number of hydrogen-bond donors (Lipinski definition) is 0. The van der Waals surface area contributed by atoms with Crippen molar-refractivity contribution in [3.8, 4) is 11.1 Å². The lowest BCUT2D eigenvalue weighted by Crippen LogP contribution is -2.50. The topological polar surface area (TPSA) is 45.7 Å². The highest BCUT2D eigenvalue weighted by Gasteiger charge is 2.47. The van der Waals surface area contributed by atoms with E-state index in [4.69, 9.17) is 4.74 Å². The Morgan fingerprint density at radius 3 is 2.54 bits per heavy atom. The first-order valence-electron chi connectivity index (χ1n) is 9.18. The third kappa shape index (κ3) is 3.14. The van der Waals surface area contributed by atoms with Gasteiger partial charge in [0.25, 0.3) is 0 Å². The van der Waals surface area contributed by atoms with Crippen molar-refractivity contribution in [2.45, 2.75) is 44.9 Å². The van der Waals surface area contributed by atoms with Gasteiger partial charge in [-0.2, -0.15) is 0 Å². The highest BCUT2D eigenvalue weighted by molar-refractivity contribution is 5.79. The molecule has 1 aromatic carbocycles. The summed E-state index contributed by atoms with van der Waals surface area (Å²) >= 11 is 0. The number of ether oxygens (including phenoxy) is 1. The number of carbonyl (C=O) groups excluding carboxylic acids is 1. The molecule has 0 aliphatic carbocycles. The molecule has 26 heavy (non-hydrogen) atoms. The van der Waals surface area contributed by atoms with Gasteiger partial charge >= 0.3 is 6.09 Å². The fourth-order valence-corrected chi connectivity index (χ4v) is 3.98. The number of fused-ring (bicyclic) bond motifs is 2. The van der Waals surface area contributed by atoms with Crippen LogP contribution in [-0.4, -0.2) is 46.8 Å². The first-order valence-corrected chi connectivity index (χ1v) is 9.18. The van der Waals surface area contributed by atoms with E-state index in [0.29, 0.717) is 12.6 Å². The summed E-state index contributed by atoms with van der Waals surface area (Å²) in [6, 6.07) is 13.0. The molecule has 2 aliphatic heterocycles. The van der Waals surface area contributed by atoms with Crippen LogP contribution in [-0.2, 0) is 4.74 Å². The second-order valence-electron chi connectivity index (χ2n) is 8.09. The van der Waals surface area contributed by atoms with Crippen LogP contribution in [0, 0.1) is 0 Å². The first kappa shape index (κ1) is 16.9. The number of amides is 1. The summed E-state index contributed by atoms with van der Waals surface area (Å²) in [6.45, 7) is 7.27. The van der Waals surface area contributed by atoms with Crippen LogP contribution < -0.4 is 4.90 Å². The van der Waals surface area contributed by atoms with E-state index >= 15 is 0 Å². The average Bonchev–Trinajstić information content (AvgIpc) is 3.22. The van der Waals surface area contributed by atoms with Gasteiger partial charge < -0.3 is 14.5 Å². The minimum Gasteiger partial charge on any atom is -0.444 e. The van der Waals surface area contributed by atoms with E-state index < -0.39 is 5.60 Å². The van der Waals surface area contributed by atoms with Crippen molar-refractivity contribution in [2.75, 3.05) is 18.0 Å². The summed E-state index contributed by atoms with van der Waals surface area (Å²) in [7, 11) is 0. The lowest BCUT2D eigenvalue weighted by atomic mass is 10.0. The summed E-state index contributed by atoms with van der Waals surface area (Å²) in [5.41, 5.74) is 3.08. The number of rotatable bonds is 2. The Balaban J connectivity index is 1.54. The highest BCUT2D eigenvalue weighted by Crippen LogP contribution is 2.39. The summed E-state index contributed by atoms with van der Waals surface area (Å²) in [5, 5.41) is 0. The van der Waals surface area contributed by atoms with Gasteiger partial charge in [0.1, 0.15) is 5.60 Å². The SMILES string of the molecule is CC(C)(C)OC(=O)N1C[C@@H]2C[C@H]1CN2c1cnccc1-c1ccccc1. The molecular formula is C21H25N3O2. The van der Waals surface area contributed by atoms with Crippen molar-refractivity contribution in [2.24, 2.45) is 0 Å². The van der Waals surface area contributed by atoms with Gasteiger partial charge in [-0.1, -0.05) is 30.3 Å². The molecular weight excluding hydrogens is 326 g/mol. The van der Waals surface area contributed by atoms with E-state index in [1.165, 1.54) is 11.1 Å². The quantitative estimate of drug-likeness (QED) is 0.822. The van der Waals surface area contributed by atoms with E-state index in [9.17, 15) is 4.79 Å². The molecule has 5 heteroatoms. The zero-order valence-corrected chi connectivity index (χ0v) is 15.6. The number of nitrogens with zero attached hydrogens (tertiary/aromatic N) is 3. The molecule has 2 aliphatic rings. The summed E-state index contributed by atoms with van der Waals surface area (Å²) < 4.78 is 5.56. The molecule has 2 atom stereocenters. The number of anilines is 1. The van der Waals surface area contributed by atoms with Crippen molar-refractivity contribution >= 4 is 11.8 Å². The van der Waals surface area contributed by atoms with Crippen LogP contribution in [0.15, 0.2) is 48.8 Å². The molecule has 1 aromatic heterocycles. The standard InChI is InChI=1S/C21H25N3O2/c1-21(2,3)26-20(25)24-14-16-11-17(24)13-23(16)19-12-22-10-9-18(19)15-7-5-4-6-8-15/h4-10,12,16-17H,11,13-14H2,1-3H3/t16-,17-/m0/s1. The molecule has 2 fully saturated rings. The summed E-state index contributed by atoms with van der Waals surface area (Å²) in [6.07, 6.45) is 4.58. The van der Waals surface area contributed by atoms with Crippen molar-refractivity contribution in [3.05, 3.63) is 48.8 Å². The second-order valence-corrected chi connectivity index (χ2v) is 8.09. The van der Waals surface area contributed by atoms with E-state index in [1.54, 1.807) is 0 Å². The molecule has 3 heterocycles. The Labute approximate surface area is 154 Å². The second kappa shape index (κ2) is 6.31. The number of benzene rings is 1. The molecule has 136 valence electrons. The molecule has 5 nitrogen and oxygen atoms in total. The van der Waals surface area contributed by atoms with Gasteiger partial charge in [-0.15, -0.1) is 0 Å². The number of piperazine rings is 1. The van der Waals surface area contributed by atoms with Crippen LogP contribution in [0.4, 0.5) is 10.5 Å². The molecule has 0 N–H and O–H groups in total. The summed E-state index contributed by atoms with van der Waals surface area (Å²) in [4.78, 5) is 21.1. The Hall–Kier alpha value is -2.56. The molecule has 0 spiro atoms. The third-order valence-electron chi connectivity index (χ3n) is 5.06. The number of aromatic nitrogens is 1. The Morgan fingerprint density at radius 2 is 1.88 bits per heavy atom. The lowest BCUT2D eigenvalue weighted by Gasteiger charge is -2.37. The molecule has 2 bridgehead atoms. The molecule has 2 saturated heterocycles. The maximum absolute atomic E-state index is 12.5. The van der Waals surface area contributed by atoms with Gasteiger partial charge in [0.2, 0.25) is 0 Å². The van der Waals surface area contributed by atoms with Crippen molar-refractivity contribution in [1.29, 1.82) is 0 Å². The van der Waals surface area contributed by atoms with Gasteiger partial charge in [-0.3, -0.25) is 4.98 Å². The van der Waals surface area contributed by atoms with E-state index in [0.717, 1.165) is 18.7 Å². The Kier molecular flexibility index (Phi) is 4.10. The molecule has 0 radical (unpaired) electrons. The Morgan fingerprint density at radius 1 is 1.12 bits per heavy atom. The Bertz CT molecular complexity index is 800. The normalized spacial score (nSPS) is 22.0. The summed E-state index contributed by atoms with van der Waals surface area (Å²) in [5.74, 6) is 0. The number of pyridine rings is 1. The van der Waals surface area contributed by atoms with Gasteiger partial charge in [0.15, 0.2) is 0 Å². The van der Waals surface area contributed by atoms with Gasteiger partial charge in [0, 0.05) is 30.9 Å². The predicted molar refractivity (Wildman–Crippen MR) is 102 cm³/mol. The van der Waals surface area contributed by atoms with Crippen LogP contribution in [0.2, 0.25) is 0 Å².